The summed E-state index contributed by atoms with van der Waals surface area (Å²) in [6.45, 7) is 6.20. The highest BCUT2D eigenvalue weighted by Crippen LogP contribution is 2.29. The van der Waals surface area contributed by atoms with E-state index in [-0.39, 0.29) is 11.9 Å². The van der Waals surface area contributed by atoms with Crippen LogP contribution >= 0.6 is 11.3 Å². The van der Waals surface area contributed by atoms with Gasteiger partial charge in [-0.25, -0.2) is 4.98 Å². The van der Waals surface area contributed by atoms with Gasteiger partial charge in [-0.2, -0.15) is 0 Å². The molecule has 1 atom stereocenters. The van der Waals surface area contributed by atoms with Gasteiger partial charge in [-0.15, -0.1) is 11.3 Å². The van der Waals surface area contributed by atoms with Gasteiger partial charge in [-0.3, -0.25) is 4.79 Å². The lowest BCUT2D eigenvalue weighted by atomic mass is 10.0. The summed E-state index contributed by atoms with van der Waals surface area (Å²) >= 11 is 1.66. The van der Waals surface area contributed by atoms with Crippen molar-refractivity contribution in [1.29, 1.82) is 0 Å². The molecule has 3 nitrogen and oxygen atoms in total. The molecule has 0 fully saturated rings. The first kappa shape index (κ1) is 16.7. The minimum atomic E-state index is -0.0264. The van der Waals surface area contributed by atoms with Crippen LogP contribution in [0.25, 0.3) is 10.2 Å². The van der Waals surface area contributed by atoms with Crippen molar-refractivity contribution in [2.75, 3.05) is 7.05 Å². The van der Waals surface area contributed by atoms with Crippen LogP contribution in [-0.2, 0) is 11.2 Å². The first-order valence-electron chi connectivity index (χ1n) is 8.13. The monoisotopic (exact) mass is 338 g/mol. The van der Waals surface area contributed by atoms with Crippen LogP contribution < -0.4 is 0 Å². The van der Waals surface area contributed by atoms with Crippen molar-refractivity contribution < 1.29 is 4.79 Å². The molecule has 3 rings (SSSR count). The number of carbonyl (C=O) groups is 1. The minimum Gasteiger partial charge on any atom is -0.336 e. The quantitative estimate of drug-likeness (QED) is 0.692. The van der Waals surface area contributed by atoms with Crippen LogP contribution in [0.1, 0.15) is 34.7 Å². The van der Waals surface area contributed by atoms with E-state index in [9.17, 15) is 4.79 Å². The molecular weight excluding hydrogens is 316 g/mol. The second kappa shape index (κ2) is 6.73. The standard InChI is InChI=1S/C20H22N2OS/c1-13-9-10-16(11-14(13)2)12-19(23)22(4)15(3)20-21-17-7-5-6-8-18(17)24-20/h5-11,15H,12H2,1-4H3/t15-/m1/s1. The Hall–Kier alpha value is -2.20. The van der Waals surface area contributed by atoms with E-state index >= 15 is 0 Å². The van der Waals surface area contributed by atoms with Crippen molar-refractivity contribution in [3.63, 3.8) is 0 Å². The molecule has 0 aliphatic rings. The third-order valence-corrected chi connectivity index (χ3v) is 5.78. The SMILES string of the molecule is Cc1ccc(CC(=O)N(C)[C@H](C)c2nc3ccccc3s2)cc1C. The predicted octanol–water partition coefficient (Wildman–Crippen LogP) is 4.68. The second-order valence-electron chi connectivity index (χ2n) is 6.30. The number of amides is 1. The molecule has 0 spiro atoms. The highest BCUT2D eigenvalue weighted by Gasteiger charge is 2.20. The summed E-state index contributed by atoms with van der Waals surface area (Å²) in [7, 11) is 1.86. The van der Waals surface area contributed by atoms with Crippen LogP contribution in [0, 0.1) is 13.8 Å². The van der Waals surface area contributed by atoms with Gasteiger partial charge in [0.15, 0.2) is 0 Å². The third kappa shape index (κ3) is 3.34. The third-order valence-electron chi connectivity index (χ3n) is 4.57. The molecule has 24 heavy (non-hydrogen) atoms. The molecule has 0 N–H and O–H groups in total. The fraction of sp³-hybridized carbons (Fsp3) is 0.300. The lowest BCUT2D eigenvalue weighted by Gasteiger charge is -2.23. The summed E-state index contributed by atoms with van der Waals surface area (Å²) < 4.78 is 1.16. The number of rotatable bonds is 4. The number of aryl methyl sites for hydroxylation is 2. The predicted molar refractivity (Wildman–Crippen MR) is 100 cm³/mol. The highest BCUT2D eigenvalue weighted by atomic mass is 32.1. The summed E-state index contributed by atoms with van der Waals surface area (Å²) in [6, 6.07) is 14.3. The van der Waals surface area contributed by atoms with Gasteiger partial charge >= 0.3 is 0 Å². The largest absolute Gasteiger partial charge is 0.336 e. The van der Waals surface area contributed by atoms with E-state index in [2.05, 4.69) is 37.0 Å². The van der Waals surface area contributed by atoms with E-state index in [0.717, 1.165) is 20.8 Å². The summed E-state index contributed by atoms with van der Waals surface area (Å²) in [5, 5.41) is 0.979. The zero-order valence-corrected chi connectivity index (χ0v) is 15.4. The van der Waals surface area contributed by atoms with Gasteiger partial charge in [0, 0.05) is 7.05 Å². The van der Waals surface area contributed by atoms with Crippen LogP contribution in [0.3, 0.4) is 0 Å². The fourth-order valence-electron chi connectivity index (χ4n) is 2.66. The fourth-order valence-corrected chi connectivity index (χ4v) is 3.73. The molecule has 0 bridgehead atoms. The average molecular weight is 338 g/mol. The summed E-state index contributed by atoms with van der Waals surface area (Å²) in [6.07, 6.45) is 0.423. The molecular formula is C20H22N2OS. The Morgan fingerprint density at radius 3 is 2.62 bits per heavy atom. The number of aromatic nitrogens is 1. The lowest BCUT2D eigenvalue weighted by molar-refractivity contribution is -0.131. The molecule has 0 unspecified atom stereocenters. The molecule has 4 heteroatoms. The Morgan fingerprint density at radius 1 is 1.17 bits per heavy atom. The lowest BCUT2D eigenvalue weighted by Crippen LogP contribution is -2.30. The van der Waals surface area contributed by atoms with Gasteiger partial charge in [0.05, 0.1) is 22.7 Å². The molecule has 0 saturated heterocycles. The average Bonchev–Trinajstić information content (AvgIpc) is 3.01. The molecule has 2 aromatic carbocycles. The summed E-state index contributed by atoms with van der Waals surface area (Å²) in [5.74, 6) is 0.116. The summed E-state index contributed by atoms with van der Waals surface area (Å²) in [5.41, 5.74) is 4.54. The molecule has 124 valence electrons. The van der Waals surface area contributed by atoms with Crippen LogP contribution in [0.5, 0.6) is 0 Å². The number of benzene rings is 2. The van der Waals surface area contributed by atoms with Gasteiger partial charge in [-0.05, 0) is 49.6 Å². The molecule has 0 saturated carbocycles. The molecule has 0 aliphatic heterocycles. The number of likely N-dealkylation sites (N-methyl/N-ethyl adjacent to an activating group) is 1. The van der Waals surface area contributed by atoms with Gasteiger partial charge in [0.25, 0.3) is 0 Å². The molecule has 0 radical (unpaired) electrons. The van der Waals surface area contributed by atoms with E-state index in [1.807, 2.05) is 38.2 Å². The van der Waals surface area contributed by atoms with Gasteiger partial charge in [-0.1, -0.05) is 30.3 Å². The molecule has 1 amide bonds. The maximum atomic E-state index is 12.6. The van der Waals surface area contributed by atoms with Crippen molar-refractivity contribution in [2.24, 2.45) is 0 Å². The van der Waals surface area contributed by atoms with E-state index < -0.39 is 0 Å². The van der Waals surface area contributed by atoms with Gasteiger partial charge in [0.2, 0.25) is 5.91 Å². The van der Waals surface area contributed by atoms with Crippen LogP contribution in [0.2, 0.25) is 0 Å². The maximum absolute atomic E-state index is 12.6. The van der Waals surface area contributed by atoms with Gasteiger partial charge in [0.1, 0.15) is 5.01 Å². The van der Waals surface area contributed by atoms with Crippen LogP contribution in [0.15, 0.2) is 42.5 Å². The summed E-state index contributed by atoms with van der Waals surface area (Å²) in [4.78, 5) is 19.1. The Kier molecular flexibility index (Phi) is 4.67. The van der Waals surface area contributed by atoms with Crippen molar-refractivity contribution in [2.45, 2.75) is 33.2 Å². The second-order valence-corrected chi connectivity index (χ2v) is 7.36. The molecule has 3 aromatic rings. The van der Waals surface area contributed by atoms with Crippen molar-refractivity contribution in [3.05, 3.63) is 64.2 Å². The van der Waals surface area contributed by atoms with Crippen molar-refractivity contribution in [1.82, 2.24) is 9.88 Å². The number of nitrogens with zero attached hydrogens (tertiary/aromatic N) is 2. The Labute approximate surface area is 147 Å². The number of thiazole rings is 1. The Bertz CT molecular complexity index is 851. The number of hydrogen-bond acceptors (Lipinski definition) is 3. The number of para-hydroxylation sites is 1. The van der Waals surface area contributed by atoms with E-state index in [4.69, 9.17) is 0 Å². The van der Waals surface area contributed by atoms with Gasteiger partial charge < -0.3 is 4.90 Å². The topological polar surface area (TPSA) is 33.2 Å². The zero-order valence-electron chi connectivity index (χ0n) is 14.5. The highest BCUT2D eigenvalue weighted by molar-refractivity contribution is 7.18. The first-order chi connectivity index (χ1) is 11.5. The zero-order chi connectivity index (χ0) is 17.3. The smallest absolute Gasteiger partial charge is 0.227 e. The normalized spacial score (nSPS) is 12.3. The van der Waals surface area contributed by atoms with E-state index in [1.54, 1.807) is 16.2 Å². The van der Waals surface area contributed by atoms with Crippen LogP contribution in [0.4, 0.5) is 0 Å². The number of fused-ring (bicyclic) bond motifs is 1. The Balaban J connectivity index is 1.75. The maximum Gasteiger partial charge on any atom is 0.227 e. The number of hydrogen-bond donors (Lipinski definition) is 0. The minimum absolute atomic E-state index is 0.0264. The molecule has 1 heterocycles. The van der Waals surface area contributed by atoms with Crippen molar-refractivity contribution in [3.8, 4) is 0 Å². The first-order valence-corrected chi connectivity index (χ1v) is 8.94. The van der Waals surface area contributed by atoms with Crippen molar-refractivity contribution >= 4 is 27.5 Å². The molecule has 0 aliphatic carbocycles. The van der Waals surface area contributed by atoms with E-state index in [0.29, 0.717) is 6.42 Å². The van der Waals surface area contributed by atoms with Crippen LogP contribution in [-0.4, -0.2) is 22.8 Å². The van der Waals surface area contributed by atoms with E-state index in [1.165, 1.54) is 11.1 Å². The Morgan fingerprint density at radius 2 is 1.92 bits per heavy atom. The molecule has 1 aromatic heterocycles. The number of carbonyl (C=O) groups excluding carboxylic acids is 1.